The number of hydrogen-bond donors (Lipinski definition) is 2. The summed E-state index contributed by atoms with van der Waals surface area (Å²) in [5.74, 6) is -2.13. The van der Waals surface area contributed by atoms with Gasteiger partial charge in [-0.25, -0.2) is 9.97 Å². The average molecular weight is 657 g/mol. The van der Waals surface area contributed by atoms with Gasteiger partial charge < -0.3 is 24.8 Å². The van der Waals surface area contributed by atoms with Crippen LogP contribution >= 0.6 is 0 Å². The average Bonchev–Trinajstić information content (AvgIpc) is 3.28. The lowest BCUT2D eigenvalue weighted by Crippen LogP contribution is -2.44. The zero-order valence-corrected chi connectivity index (χ0v) is 24.8. The Balaban J connectivity index is 1.25. The Morgan fingerprint density at radius 2 is 1.74 bits per heavy atom. The Hall–Kier alpha value is -3.62. The fraction of sp³-hybridized carbons (Fsp3) is 0.613. The number of halogens is 6. The first-order valence-electron chi connectivity index (χ1n) is 15.4. The lowest BCUT2D eigenvalue weighted by molar-refractivity contribution is -0.145. The van der Waals surface area contributed by atoms with Crippen LogP contribution in [0.25, 0.3) is 0 Å². The normalized spacial score (nSPS) is 25.7. The molecule has 1 saturated heterocycles. The van der Waals surface area contributed by atoms with Gasteiger partial charge in [0.05, 0.1) is 24.5 Å². The molecule has 2 saturated carbocycles. The highest BCUT2D eigenvalue weighted by Crippen LogP contribution is 2.50. The molecule has 3 heterocycles. The van der Waals surface area contributed by atoms with Gasteiger partial charge >= 0.3 is 18.3 Å². The fourth-order valence-electron chi connectivity index (χ4n) is 7.71. The molecular weight excluding hydrogens is 622 g/mol. The number of alkyl halides is 6. The summed E-state index contributed by atoms with van der Waals surface area (Å²) >= 11 is 0. The van der Waals surface area contributed by atoms with Crippen molar-refractivity contribution in [3.05, 3.63) is 41.2 Å². The molecule has 250 valence electrons. The van der Waals surface area contributed by atoms with E-state index in [0.717, 1.165) is 12.6 Å². The molecule has 2 aliphatic carbocycles. The maximum atomic E-state index is 14.4. The predicted molar refractivity (Wildman–Crippen MR) is 151 cm³/mol. The summed E-state index contributed by atoms with van der Waals surface area (Å²) in [4.78, 5) is 34.4. The van der Waals surface area contributed by atoms with Gasteiger partial charge in [-0.05, 0) is 80.5 Å². The summed E-state index contributed by atoms with van der Waals surface area (Å²) < 4.78 is 92.1. The Labute approximate surface area is 260 Å². The van der Waals surface area contributed by atoms with Gasteiger partial charge in [0.1, 0.15) is 5.75 Å². The largest absolute Gasteiger partial charge is 0.493 e. The molecule has 0 radical (unpaired) electrons. The van der Waals surface area contributed by atoms with Gasteiger partial charge in [0, 0.05) is 43.1 Å². The van der Waals surface area contributed by atoms with Crippen LogP contribution < -0.4 is 15.0 Å². The van der Waals surface area contributed by atoms with Crippen molar-refractivity contribution in [1.29, 1.82) is 0 Å². The third-order valence-corrected chi connectivity index (χ3v) is 9.75. The van der Waals surface area contributed by atoms with E-state index in [0.29, 0.717) is 63.0 Å². The lowest BCUT2D eigenvalue weighted by atomic mass is 9.66. The quantitative estimate of drug-likeness (QED) is 0.347. The van der Waals surface area contributed by atoms with E-state index in [2.05, 4.69) is 15.3 Å². The number of nitrogens with one attached hydrogen (secondary N) is 1. The van der Waals surface area contributed by atoms with Gasteiger partial charge in [0.2, 0.25) is 5.95 Å². The summed E-state index contributed by atoms with van der Waals surface area (Å²) in [7, 11) is 0. The molecule has 2 atom stereocenters. The van der Waals surface area contributed by atoms with E-state index in [9.17, 15) is 41.0 Å². The Morgan fingerprint density at radius 3 is 2.37 bits per heavy atom. The van der Waals surface area contributed by atoms with Crippen LogP contribution in [0.15, 0.2) is 24.4 Å². The van der Waals surface area contributed by atoms with Gasteiger partial charge in [0.25, 0.3) is 5.91 Å². The Morgan fingerprint density at radius 1 is 1.04 bits per heavy atom. The third-order valence-electron chi connectivity index (χ3n) is 9.75. The van der Waals surface area contributed by atoms with Crippen LogP contribution in [0, 0.1) is 17.8 Å². The van der Waals surface area contributed by atoms with Crippen LogP contribution in [0.2, 0.25) is 0 Å². The zero-order chi connectivity index (χ0) is 32.9. The van der Waals surface area contributed by atoms with Crippen molar-refractivity contribution >= 4 is 23.5 Å². The first-order chi connectivity index (χ1) is 21.7. The number of carboxylic acid groups (broad SMARTS) is 1. The van der Waals surface area contributed by atoms with E-state index in [1.165, 1.54) is 11.0 Å². The van der Waals surface area contributed by atoms with E-state index in [-0.39, 0.29) is 30.1 Å². The van der Waals surface area contributed by atoms with Gasteiger partial charge in [-0.3, -0.25) is 9.59 Å². The van der Waals surface area contributed by atoms with Crippen LogP contribution in [-0.2, 0) is 21.1 Å². The Kier molecular flexibility index (Phi) is 8.57. The SMILES string of the molecule is O=C(NC1CC2CC(C1)CC(C(=O)O)C2)c1cnc(N2CC3(CCOCC3)c3cc(OCCC(F)(F)F)ccc32)nc1C(F)(F)F. The Bertz CT molecular complexity index is 1460. The number of carbonyl (C=O) groups excluding carboxylic acids is 1. The second-order valence-corrected chi connectivity index (χ2v) is 12.9. The molecule has 3 fully saturated rings. The molecule has 2 unspecified atom stereocenters. The maximum Gasteiger partial charge on any atom is 0.434 e. The summed E-state index contributed by atoms with van der Waals surface area (Å²) in [5, 5.41) is 12.1. The van der Waals surface area contributed by atoms with Crippen molar-refractivity contribution in [3.63, 3.8) is 0 Å². The van der Waals surface area contributed by atoms with E-state index in [4.69, 9.17) is 9.47 Å². The zero-order valence-electron chi connectivity index (χ0n) is 24.8. The minimum absolute atomic E-state index is 0.0721. The van der Waals surface area contributed by atoms with Crippen molar-refractivity contribution in [2.45, 2.75) is 75.2 Å². The summed E-state index contributed by atoms with van der Waals surface area (Å²) in [6, 6.07) is 4.28. The number of aliphatic carboxylic acids is 1. The maximum absolute atomic E-state index is 14.4. The number of carbonyl (C=O) groups is 2. The molecule has 1 aromatic carbocycles. The van der Waals surface area contributed by atoms with Crippen LogP contribution in [-0.4, -0.2) is 65.5 Å². The minimum atomic E-state index is -4.97. The van der Waals surface area contributed by atoms with Gasteiger partial charge in [-0.1, -0.05) is 0 Å². The molecule has 46 heavy (non-hydrogen) atoms. The van der Waals surface area contributed by atoms with Crippen molar-refractivity contribution in [2.24, 2.45) is 17.8 Å². The molecule has 2 bridgehead atoms. The standard InChI is InChI=1S/C31H34F6N4O5/c32-30(33,34)5-8-46-21-1-2-24-23(14-21)29(3-6-45-7-4-29)16-41(24)28-38-15-22(25(40-28)31(35,36)37)26(42)39-20-12-17-9-18(13-20)11-19(10-17)27(43)44/h1-2,14-15,17-20H,3-13,16H2,(H,39,42)(H,43,44). The molecule has 1 aromatic heterocycles. The van der Waals surface area contributed by atoms with E-state index >= 15 is 0 Å². The van der Waals surface area contributed by atoms with Crippen molar-refractivity contribution < 1.29 is 50.5 Å². The third kappa shape index (κ3) is 6.74. The first-order valence-corrected chi connectivity index (χ1v) is 15.4. The highest BCUT2D eigenvalue weighted by molar-refractivity contribution is 5.95. The molecule has 6 rings (SSSR count). The topological polar surface area (TPSA) is 114 Å². The second kappa shape index (κ2) is 12.2. The van der Waals surface area contributed by atoms with E-state index in [1.54, 1.807) is 12.1 Å². The molecule has 1 amide bonds. The monoisotopic (exact) mass is 656 g/mol. The van der Waals surface area contributed by atoms with Crippen LogP contribution in [0.1, 0.15) is 73.0 Å². The molecule has 15 heteroatoms. The van der Waals surface area contributed by atoms with Crippen molar-refractivity contribution in [1.82, 2.24) is 15.3 Å². The predicted octanol–water partition coefficient (Wildman–Crippen LogP) is 6.04. The number of aromatic nitrogens is 2. The van der Waals surface area contributed by atoms with Crippen molar-refractivity contribution in [2.75, 3.05) is 31.3 Å². The number of hydrogen-bond acceptors (Lipinski definition) is 7. The number of carboxylic acids is 1. The van der Waals surface area contributed by atoms with Crippen LogP contribution in [0.5, 0.6) is 5.75 Å². The van der Waals surface area contributed by atoms with E-state index < -0.39 is 65.9 Å². The summed E-state index contributed by atoms with van der Waals surface area (Å²) in [6.07, 6.45) is -5.78. The smallest absolute Gasteiger partial charge is 0.434 e. The molecule has 2 aliphatic heterocycles. The number of amides is 1. The van der Waals surface area contributed by atoms with Crippen LogP contribution in [0.4, 0.5) is 38.0 Å². The molecule has 1 spiro atoms. The minimum Gasteiger partial charge on any atom is -0.493 e. The molecular formula is C31H34F6N4O5. The van der Waals surface area contributed by atoms with Crippen molar-refractivity contribution in [3.8, 4) is 5.75 Å². The number of fused-ring (bicyclic) bond motifs is 4. The van der Waals surface area contributed by atoms with E-state index in [1.807, 2.05) is 0 Å². The van der Waals surface area contributed by atoms with Gasteiger partial charge in [-0.15, -0.1) is 0 Å². The number of rotatable bonds is 7. The number of ether oxygens (including phenoxy) is 2. The first kappa shape index (κ1) is 32.3. The number of benzene rings is 1. The van der Waals surface area contributed by atoms with Crippen LogP contribution in [0.3, 0.4) is 0 Å². The molecule has 2 N–H and O–H groups in total. The molecule has 2 aromatic rings. The highest BCUT2D eigenvalue weighted by atomic mass is 19.4. The molecule has 4 aliphatic rings. The van der Waals surface area contributed by atoms with Gasteiger partial charge in [-0.2, -0.15) is 26.3 Å². The lowest BCUT2D eigenvalue weighted by Gasteiger charge is -2.41. The summed E-state index contributed by atoms with van der Waals surface area (Å²) in [6.45, 7) is 0.414. The molecule has 9 nitrogen and oxygen atoms in total. The summed E-state index contributed by atoms with van der Waals surface area (Å²) in [5.41, 5.74) is -1.45. The van der Waals surface area contributed by atoms with Gasteiger partial charge in [0.15, 0.2) is 5.69 Å². The highest BCUT2D eigenvalue weighted by Gasteiger charge is 2.47. The number of nitrogens with zero attached hydrogens (tertiary/aromatic N) is 3. The second-order valence-electron chi connectivity index (χ2n) is 12.9. The number of anilines is 2. The fourth-order valence-corrected chi connectivity index (χ4v) is 7.71.